The number of hydrogen-bond donors (Lipinski definition) is 3. The Morgan fingerprint density at radius 2 is 2.12 bits per heavy atom. The van der Waals surface area contributed by atoms with E-state index in [0.717, 1.165) is 24.9 Å². The third kappa shape index (κ3) is 6.79. The van der Waals surface area contributed by atoms with Crippen molar-refractivity contribution < 1.29 is 4.79 Å². The lowest BCUT2D eigenvalue weighted by molar-refractivity contribution is -0.114. The Morgan fingerprint density at radius 1 is 1.38 bits per heavy atom. The van der Waals surface area contributed by atoms with Gasteiger partial charge in [0, 0.05) is 23.8 Å². The highest BCUT2D eigenvalue weighted by Crippen LogP contribution is 2.17. The van der Waals surface area contributed by atoms with Crippen molar-refractivity contribution in [1.29, 1.82) is 0 Å². The number of aliphatic imine (C=N–C) groups is 1. The van der Waals surface area contributed by atoms with Crippen LogP contribution >= 0.6 is 24.0 Å². The summed E-state index contributed by atoms with van der Waals surface area (Å²) in [5.41, 5.74) is 1.43. The number of nitrogens with zero attached hydrogens (tertiary/aromatic N) is 1. The fourth-order valence-corrected chi connectivity index (χ4v) is 2.62. The van der Waals surface area contributed by atoms with Gasteiger partial charge in [-0.25, -0.2) is 4.99 Å². The lowest BCUT2D eigenvalue weighted by Gasteiger charge is -2.16. The minimum absolute atomic E-state index is 0. The first-order valence-electron chi connectivity index (χ1n) is 8.12. The first kappa shape index (κ1) is 20.3. The van der Waals surface area contributed by atoms with Gasteiger partial charge in [-0.2, -0.15) is 0 Å². The van der Waals surface area contributed by atoms with Crippen molar-refractivity contribution >= 4 is 41.5 Å². The largest absolute Gasteiger partial charge is 0.357 e. The SMILES string of the molecule is C#Cc1cccc(NC(=O)CN=C(NCC)NC2CCCC2)c1.I. The fourth-order valence-electron chi connectivity index (χ4n) is 2.62. The minimum atomic E-state index is -0.164. The molecule has 0 aliphatic heterocycles. The van der Waals surface area contributed by atoms with E-state index in [2.05, 4.69) is 26.9 Å². The summed E-state index contributed by atoms with van der Waals surface area (Å²) in [6.45, 7) is 2.85. The highest BCUT2D eigenvalue weighted by molar-refractivity contribution is 14.0. The van der Waals surface area contributed by atoms with Crippen molar-refractivity contribution in [2.75, 3.05) is 18.4 Å². The van der Waals surface area contributed by atoms with Gasteiger partial charge < -0.3 is 16.0 Å². The Morgan fingerprint density at radius 3 is 2.79 bits per heavy atom. The molecule has 1 aromatic carbocycles. The summed E-state index contributed by atoms with van der Waals surface area (Å²) in [7, 11) is 0. The summed E-state index contributed by atoms with van der Waals surface area (Å²) in [5, 5.41) is 9.38. The van der Waals surface area contributed by atoms with Gasteiger partial charge in [0.05, 0.1) is 0 Å². The van der Waals surface area contributed by atoms with E-state index >= 15 is 0 Å². The maximum Gasteiger partial charge on any atom is 0.246 e. The summed E-state index contributed by atoms with van der Waals surface area (Å²) in [6, 6.07) is 7.68. The molecule has 2 rings (SSSR count). The second kappa shape index (κ2) is 10.9. The van der Waals surface area contributed by atoms with Gasteiger partial charge in [-0.15, -0.1) is 30.4 Å². The summed E-state index contributed by atoms with van der Waals surface area (Å²) in [6.07, 6.45) is 10.2. The van der Waals surface area contributed by atoms with Gasteiger partial charge in [0.15, 0.2) is 5.96 Å². The van der Waals surface area contributed by atoms with Gasteiger partial charge in [0.1, 0.15) is 6.54 Å². The van der Waals surface area contributed by atoms with Crippen molar-refractivity contribution in [2.45, 2.75) is 38.6 Å². The molecule has 1 saturated carbocycles. The van der Waals surface area contributed by atoms with Crippen LogP contribution in [0.3, 0.4) is 0 Å². The monoisotopic (exact) mass is 440 g/mol. The van der Waals surface area contributed by atoms with Crippen LogP contribution in [-0.4, -0.2) is 31.0 Å². The highest BCUT2D eigenvalue weighted by Gasteiger charge is 2.16. The molecule has 0 unspecified atom stereocenters. The number of benzene rings is 1. The average Bonchev–Trinajstić information content (AvgIpc) is 3.06. The van der Waals surface area contributed by atoms with Crippen LogP contribution in [0.1, 0.15) is 38.2 Å². The third-order valence-corrected chi connectivity index (χ3v) is 3.73. The Labute approximate surface area is 161 Å². The molecule has 1 aliphatic rings. The summed E-state index contributed by atoms with van der Waals surface area (Å²) in [4.78, 5) is 16.4. The van der Waals surface area contributed by atoms with Crippen molar-refractivity contribution in [3.05, 3.63) is 29.8 Å². The number of rotatable bonds is 5. The predicted octanol–water partition coefficient (Wildman–Crippen LogP) is 2.72. The Hall–Kier alpha value is -1.75. The molecule has 5 nitrogen and oxygen atoms in total. The number of nitrogens with one attached hydrogen (secondary N) is 3. The average molecular weight is 440 g/mol. The molecule has 0 bridgehead atoms. The van der Waals surface area contributed by atoms with E-state index in [1.807, 2.05) is 25.1 Å². The Balaban J connectivity index is 0.00000288. The standard InChI is InChI=1S/C18H24N4O.HI/c1-3-14-8-7-11-16(12-14)21-17(23)13-20-18(19-4-2)22-15-9-5-6-10-15;/h1,7-8,11-12,15H,4-6,9-10,13H2,2H3,(H,21,23)(H2,19,20,22);1H. The topological polar surface area (TPSA) is 65.5 Å². The summed E-state index contributed by atoms with van der Waals surface area (Å²) >= 11 is 0. The molecule has 0 spiro atoms. The highest BCUT2D eigenvalue weighted by atomic mass is 127. The number of anilines is 1. The predicted molar refractivity (Wildman–Crippen MR) is 110 cm³/mol. The first-order valence-corrected chi connectivity index (χ1v) is 8.12. The number of hydrogen-bond acceptors (Lipinski definition) is 2. The summed E-state index contributed by atoms with van der Waals surface area (Å²) < 4.78 is 0. The first-order chi connectivity index (χ1) is 11.2. The van der Waals surface area contributed by atoms with Crippen LogP contribution in [-0.2, 0) is 4.79 Å². The molecular formula is C18H25IN4O. The molecule has 0 aromatic heterocycles. The van der Waals surface area contributed by atoms with E-state index < -0.39 is 0 Å². The second-order valence-electron chi connectivity index (χ2n) is 5.59. The molecule has 1 fully saturated rings. The van der Waals surface area contributed by atoms with Gasteiger partial charge in [0.25, 0.3) is 0 Å². The van der Waals surface area contributed by atoms with Gasteiger partial charge in [0.2, 0.25) is 5.91 Å². The van der Waals surface area contributed by atoms with Crippen LogP contribution in [0.25, 0.3) is 0 Å². The van der Waals surface area contributed by atoms with Gasteiger partial charge in [-0.05, 0) is 38.0 Å². The molecule has 3 N–H and O–H groups in total. The van der Waals surface area contributed by atoms with Crippen LogP contribution in [0.15, 0.2) is 29.3 Å². The molecule has 0 heterocycles. The van der Waals surface area contributed by atoms with Crippen LogP contribution in [0, 0.1) is 12.3 Å². The molecule has 0 atom stereocenters. The Kier molecular flexibility index (Phi) is 9.23. The maximum absolute atomic E-state index is 12.0. The zero-order valence-electron chi connectivity index (χ0n) is 14.0. The molecule has 130 valence electrons. The van der Waals surface area contributed by atoms with Gasteiger partial charge >= 0.3 is 0 Å². The number of guanidine groups is 1. The number of amides is 1. The lowest BCUT2D eigenvalue weighted by atomic mass is 10.2. The molecule has 0 radical (unpaired) electrons. The zero-order chi connectivity index (χ0) is 16.5. The number of terminal acetylenes is 1. The van der Waals surface area contributed by atoms with Gasteiger partial charge in [-0.3, -0.25) is 4.79 Å². The smallest absolute Gasteiger partial charge is 0.246 e. The van der Waals surface area contributed by atoms with Crippen molar-refractivity contribution in [1.82, 2.24) is 10.6 Å². The molecule has 1 amide bonds. The molecular weight excluding hydrogens is 415 g/mol. The number of carbonyl (C=O) groups excluding carboxylic acids is 1. The fraction of sp³-hybridized carbons (Fsp3) is 0.444. The van der Waals surface area contributed by atoms with Crippen LogP contribution in [0.2, 0.25) is 0 Å². The molecule has 24 heavy (non-hydrogen) atoms. The molecule has 1 aliphatic carbocycles. The van der Waals surface area contributed by atoms with E-state index in [-0.39, 0.29) is 36.4 Å². The van der Waals surface area contributed by atoms with Crippen molar-refractivity contribution in [2.24, 2.45) is 4.99 Å². The molecule has 1 aromatic rings. The van der Waals surface area contributed by atoms with E-state index in [1.165, 1.54) is 12.8 Å². The molecule has 0 saturated heterocycles. The third-order valence-electron chi connectivity index (χ3n) is 3.73. The quantitative estimate of drug-likeness (QED) is 0.286. The zero-order valence-corrected chi connectivity index (χ0v) is 16.3. The minimum Gasteiger partial charge on any atom is -0.357 e. The normalized spacial score (nSPS) is 14.4. The maximum atomic E-state index is 12.0. The second-order valence-corrected chi connectivity index (χ2v) is 5.59. The lowest BCUT2D eigenvalue weighted by Crippen LogP contribution is -2.42. The number of halogens is 1. The van der Waals surface area contributed by atoms with E-state index in [4.69, 9.17) is 6.42 Å². The van der Waals surface area contributed by atoms with Gasteiger partial charge in [-0.1, -0.05) is 24.8 Å². The van der Waals surface area contributed by atoms with E-state index in [9.17, 15) is 4.79 Å². The van der Waals surface area contributed by atoms with E-state index in [0.29, 0.717) is 17.7 Å². The Bertz CT molecular complexity index is 603. The van der Waals surface area contributed by atoms with Crippen molar-refractivity contribution in [3.8, 4) is 12.3 Å². The van der Waals surface area contributed by atoms with Crippen LogP contribution < -0.4 is 16.0 Å². The van der Waals surface area contributed by atoms with Crippen molar-refractivity contribution in [3.63, 3.8) is 0 Å². The molecule has 6 heteroatoms. The van der Waals surface area contributed by atoms with Crippen LogP contribution in [0.5, 0.6) is 0 Å². The van der Waals surface area contributed by atoms with E-state index in [1.54, 1.807) is 6.07 Å². The van der Waals surface area contributed by atoms with Crippen LogP contribution in [0.4, 0.5) is 5.69 Å². The number of carbonyl (C=O) groups is 1. The summed E-state index contributed by atoms with van der Waals surface area (Å²) in [5.74, 6) is 3.09.